The van der Waals surface area contributed by atoms with Crippen molar-refractivity contribution in [2.75, 3.05) is 18.2 Å². The van der Waals surface area contributed by atoms with Crippen LogP contribution in [0.2, 0.25) is 0 Å². The third kappa shape index (κ3) is 2.99. The predicted molar refractivity (Wildman–Crippen MR) is 87.2 cm³/mol. The Kier molecular flexibility index (Phi) is 4.67. The molecule has 1 fully saturated rings. The molecule has 3 aliphatic rings. The van der Waals surface area contributed by atoms with Gasteiger partial charge in [0.15, 0.2) is 6.34 Å². The lowest BCUT2D eigenvalue weighted by Crippen LogP contribution is -3.08. The molecule has 0 bridgehead atoms. The molecule has 0 aromatic carbocycles. The predicted octanol–water partition coefficient (Wildman–Crippen LogP) is -1.75. The van der Waals surface area contributed by atoms with Gasteiger partial charge in [0.05, 0.1) is 0 Å². The topological polar surface area (TPSA) is 127 Å². The highest BCUT2D eigenvalue weighted by molar-refractivity contribution is 8.00. The summed E-state index contributed by atoms with van der Waals surface area (Å²) in [6, 6.07) is -0.627. The molecular formula is C12H17N5O4S2. The van der Waals surface area contributed by atoms with E-state index in [0.717, 1.165) is 0 Å². The Balaban J connectivity index is 1.74. The third-order valence-electron chi connectivity index (χ3n) is 3.86. The van der Waals surface area contributed by atoms with Crippen LogP contribution in [-0.4, -0.2) is 68.3 Å². The highest BCUT2D eigenvalue weighted by Gasteiger charge is 2.51. The van der Waals surface area contributed by atoms with Crippen molar-refractivity contribution in [3.05, 3.63) is 16.5 Å². The van der Waals surface area contributed by atoms with Crippen molar-refractivity contribution < 1.29 is 19.8 Å². The van der Waals surface area contributed by atoms with Crippen molar-refractivity contribution in [3.63, 3.8) is 0 Å². The second-order valence-corrected chi connectivity index (χ2v) is 7.54. The Morgan fingerprint density at radius 2 is 2.43 bits per heavy atom. The van der Waals surface area contributed by atoms with Crippen LogP contribution >= 0.6 is 23.7 Å². The van der Waals surface area contributed by atoms with Crippen molar-refractivity contribution >= 4 is 41.9 Å². The van der Waals surface area contributed by atoms with Crippen molar-refractivity contribution in [1.29, 1.82) is 0 Å². The van der Waals surface area contributed by atoms with Crippen LogP contribution in [0.25, 0.3) is 0 Å². The first-order valence-electron chi connectivity index (χ1n) is 7.01. The van der Waals surface area contributed by atoms with E-state index < -0.39 is 12.0 Å². The van der Waals surface area contributed by atoms with Gasteiger partial charge in [-0.1, -0.05) is 11.9 Å². The zero-order chi connectivity index (χ0) is 16.7. The molecular weight excluding hydrogens is 342 g/mol. The summed E-state index contributed by atoms with van der Waals surface area (Å²) in [7, 11) is 0. The molecule has 0 aromatic rings. The number of rotatable bonds is 4. The fourth-order valence-electron chi connectivity index (χ4n) is 2.60. The summed E-state index contributed by atoms with van der Waals surface area (Å²) in [5.74, 6) is -0.566. The number of nitrogens with one attached hydrogen (secondary N) is 1. The maximum atomic E-state index is 11.9. The second-order valence-electron chi connectivity index (χ2n) is 5.42. The molecule has 9 nitrogen and oxygen atoms in total. The maximum Gasteiger partial charge on any atom is 0.352 e. The number of carbonyl (C=O) groups excluding carboxylic acids is 1. The Hall–Kier alpha value is -1.11. The molecule has 11 heteroatoms. The van der Waals surface area contributed by atoms with Crippen LogP contribution in [0, 0.1) is 5.21 Å². The number of nitrogens with zero attached hydrogens (tertiary/aromatic N) is 3. The molecule has 23 heavy (non-hydrogen) atoms. The molecule has 4 atom stereocenters. The van der Waals surface area contributed by atoms with Crippen LogP contribution in [0.1, 0.15) is 6.92 Å². The smallest absolute Gasteiger partial charge is 0.352 e. The number of quaternary nitrogens is 1. The monoisotopic (exact) mass is 359 g/mol. The molecule has 0 radical (unpaired) electrons. The number of hydrogen-bond donors (Lipinski definition) is 3. The number of aliphatic imine (C=N–C) groups is 1. The molecule has 1 amide bonds. The third-order valence-corrected chi connectivity index (χ3v) is 6.46. The highest BCUT2D eigenvalue weighted by Crippen LogP contribution is 2.40. The number of hydroxylamine groups is 2. The van der Waals surface area contributed by atoms with Gasteiger partial charge in [-0.3, -0.25) is 9.69 Å². The summed E-state index contributed by atoms with van der Waals surface area (Å²) >= 11 is 2.83. The van der Waals surface area contributed by atoms with Gasteiger partial charge < -0.3 is 21.1 Å². The van der Waals surface area contributed by atoms with Crippen LogP contribution in [0.5, 0.6) is 0 Å². The molecule has 0 aliphatic carbocycles. The summed E-state index contributed by atoms with van der Waals surface area (Å²) in [4.78, 5) is 28.8. The number of thioether (sulfide) groups is 1. The van der Waals surface area contributed by atoms with Gasteiger partial charge in [-0.05, 0) is 12.5 Å². The van der Waals surface area contributed by atoms with Crippen LogP contribution < -0.4 is 10.8 Å². The molecule has 3 heterocycles. The summed E-state index contributed by atoms with van der Waals surface area (Å²) in [6.45, 7) is 2.11. The second kappa shape index (κ2) is 6.42. The van der Waals surface area contributed by atoms with Gasteiger partial charge in [0.2, 0.25) is 5.91 Å². The first-order chi connectivity index (χ1) is 10.9. The van der Waals surface area contributed by atoms with Crippen molar-refractivity contribution in [3.8, 4) is 0 Å². The van der Waals surface area contributed by atoms with Gasteiger partial charge in [-0.15, -0.1) is 11.8 Å². The van der Waals surface area contributed by atoms with Crippen LogP contribution in [0.3, 0.4) is 0 Å². The Bertz CT molecular complexity index is 598. The molecule has 3 aliphatic heterocycles. The molecule has 4 N–H and O–H groups in total. The average Bonchev–Trinajstić information content (AvgIpc) is 2.53. The van der Waals surface area contributed by atoms with Gasteiger partial charge in [0.25, 0.3) is 0 Å². The summed E-state index contributed by atoms with van der Waals surface area (Å²) in [5.41, 5.74) is 6.41. The van der Waals surface area contributed by atoms with Gasteiger partial charge in [0.1, 0.15) is 29.9 Å². The minimum atomic E-state index is -1.12. The number of β-lactam (4-membered cyclic amide) rings is 1. The number of aliphatic carboxylic acids is 1. The number of amides is 1. The van der Waals surface area contributed by atoms with E-state index in [4.69, 9.17) is 5.73 Å². The van der Waals surface area contributed by atoms with Crippen LogP contribution in [0.15, 0.2) is 16.3 Å². The Labute approximate surface area is 141 Å². The number of fused-ring (bicyclic) bond motifs is 1. The molecule has 126 valence electrons. The lowest BCUT2D eigenvalue weighted by molar-refractivity contribution is -0.755. The van der Waals surface area contributed by atoms with Gasteiger partial charge in [-0.2, -0.15) is 4.31 Å². The Morgan fingerprint density at radius 3 is 3.13 bits per heavy atom. The van der Waals surface area contributed by atoms with E-state index >= 15 is 0 Å². The molecule has 0 aromatic heterocycles. The van der Waals surface area contributed by atoms with E-state index in [0.29, 0.717) is 17.1 Å². The fourth-order valence-corrected chi connectivity index (χ4v) is 5.07. The van der Waals surface area contributed by atoms with Crippen LogP contribution in [0.4, 0.5) is 0 Å². The largest absolute Gasteiger partial charge is 0.627 e. The lowest BCUT2D eigenvalue weighted by Gasteiger charge is -2.48. The molecule has 0 saturated carbocycles. The standard InChI is InChI=1S/C12H17N5O4S2/c1-6-14-4-15(21)5-16(6)23-3-7-2-22-11-8(13)10(18)17(11)9(7)12(19)20/h4,6,8,11,15H,2-3,5,13H2,1H3,(H,19,20)/t6?,8-,11-/m1/s1. The number of carbonyl (C=O) groups is 2. The quantitative estimate of drug-likeness (QED) is 0.306. The summed E-state index contributed by atoms with van der Waals surface area (Å²) in [6.07, 6.45) is 1.18. The summed E-state index contributed by atoms with van der Waals surface area (Å²) < 4.78 is 1.81. The number of carboxylic acid groups (broad SMARTS) is 1. The normalized spacial score (nSPS) is 34.4. The molecule has 0 spiro atoms. The Morgan fingerprint density at radius 1 is 1.70 bits per heavy atom. The average molecular weight is 359 g/mol. The van der Waals surface area contributed by atoms with Gasteiger partial charge >= 0.3 is 5.97 Å². The lowest BCUT2D eigenvalue weighted by atomic mass is 10.0. The minimum Gasteiger partial charge on any atom is -0.627 e. The fraction of sp³-hybridized carbons (Fsp3) is 0.583. The van der Waals surface area contributed by atoms with E-state index in [1.165, 1.54) is 34.9 Å². The zero-order valence-corrected chi connectivity index (χ0v) is 14.0. The zero-order valence-electron chi connectivity index (χ0n) is 12.3. The van der Waals surface area contributed by atoms with Crippen molar-refractivity contribution in [1.82, 2.24) is 9.21 Å². The van der Waals surface area contributed by atoms with Gasteiger partial charge in [0, 0.05) is 11.5 Å². The molecule has 1 saturated heterocycles. The van der Waals surface area contributed by atoms with E-state index in [9.17, 15) is 19.9 Å². The van der Waals surface area contributed by atoms with Crippen LogP contribution in [-0.2, 0) is 9.59 Å². The molecule has 3 rings (SSSR count). The van der Waals surface area contributed by atoms with Crippen molar-refractivity contribution in [2.24, 2.45) is 10.7 Å². The highest BCUT2D eigenvalue weighted by atomic mass is 32.2. The number of nitrogens with two attached hydrogens (primary N) is 1. The molecule has 2 unspecified atom stereocenters. The van der Waals surface area contributed by atoms with Gasteiger partial charge in [-0.25, -0.2) is 9.79 Å². The van der Waals surface area contributed by atoms with E-state index in [1.807, 2.05) is 11.2 Å². The maximum absolute atomic E-state index is 11.9. The first-order valence-corrected chi connectivity index (χ1v) is 9.00. The SMILES string of the molecule is CC1N=C[NH+]([O-])CN1SCC1=C(C(=O)O)N2C(=O)[C@@H](N)[C@H]2SC1. The number of carboxylic acids is 1. The first kappa shape index (κ1) is 16.7. The number of hydrogen-bond acceptors (Lipinski definition) is 8. The van der Waals surface area contributed by atoms with Crippen molar-refractivity contribution in [2.45, 2.75) is 24.5 Å². The summed E-state index contributed by atoms with van der Waals surface area (Å²) in [5, 5.41) is 20.5. The minimum absolute atomic E-state index is 0.0347. The van der Waals surface area contributed by atoms with E-state index in [1.54, 1.807) is 0 Å². The van der Waals surface area contributed by atoms with E-state index in [-0.39, 0.29) is 34.9 Å². The van der Waals surface area contributed by atoms with E-state index in [2.05, 4.69) is 4.99 Å².